The normalized spacial score (nSPS) is 13.1. The van der Waals surface area contributed by atoms with Crippen LogP contribution in [0.3, 0.4) is 0 Å². The van der Waals surface area contributed by atoms with E-state index in [-0.39, 0.29) is 10.8 Å². The molecule has 0 aliphatic carbocycles. The monoisotopic (exact) mass is 802 g/mol. The summed E-state index contributed by atoms with van der Waals surface area (Å²) in [5, 5.41) is 13.1. The Morgan fingerprint density at radius 1 is 0.468 bits per heavy atom. The summed E-state index contributed by atoms with van der Waals surface area (Å²) in [7, 11) is 0.736. The van der Waals surface area contributed by atoms with Crippen molar-refractivity contribution in [2.45, 2.75) is 52.4 Å². The lowest BCUT2D eigenvalue weighted by Gasteiger charge is -2.24. The summed E-state index contributed by atoms with van der Waals surface area (Å²) in [5.41, 5.74) is 18.4. The van der Waals surface area contributed by atoms with E-state index in [1.165, 1.54) is 49.6 Å². The molecule has 12 aromatic rings. The van der Waals surface area contributed by atoms with Crippen LogP contribution in [0.4, 0.5) is 11.4 Å². The second-order valence-corrected chi connectivity index (χ2v) is 19.4. The van der Waals surface area contributed by atoms with Crippen molar-refractivity contribution in [3.8, 4) is 16.8 Å². The van der Waals surface area contributed by atoms with E-state index in [0.29, 0.717) is 0 Å². The molecule has 5 heterocycles. The third-order valence-corrected chi connectivity index (χ3v) is 13.5. The van der Waals surface area contributed by atoms with Crippen LogP contribution < -0.4 is 16.2 Å². The number of aromatic nitrogens is 1. The fraction of sp³-hybridized carbons (Fsp3) is 0.143. The fourth-order valence-electron chi connectivity index (χ4n) is 10.3. The van der Waals surface area contributed by atoms with Crippen molar-refractivity contribution >= 4 is 117 Å². The van der Waals surface area contributed by atoms with Crippen molar-refractivity contribution < 1.29 is 13.3 Å². The Hall–Kier alpha value is -7.18. The van der Waals surface area contributed by atoms with Crippen LogP contribution in [0.5, 0.6) is 0 Å². The summed E-state index contributed by atoms with van der Waals surface area (Å²) >= 11 is 0. The van der Waals surface area contributed by atoms with Crippen LogP contribution >= 0.6 is 0 Å². The standard InChI is InChI=1S/C56H43BN2O3/c1-55(2,3)30-15-18-32(19-16-30)58-42-29-50-39(34-20-17-31(56(4,5)6)25-48(34)62-50)26-38(42)35-21-22-37-51-43(23-24-47-52(51)36-12-8-10-14-46(36)60-47)59-44-27-40-33-11-7-9-13-45(33)61-49(40)28-41(44)57-53(35)54(37)59/h7-29,57-58H,1-6H3. The molecule has 0 unspecified atom stereocenters. The predicted molar refractivity (Wildman–Crippen MR) is 262 cm³/mol. The number of para-hydroxylation sites is 2. The molecule has 0 saturated heterocycles. The first kappa shape index (κ1) is 35.6. The van der Waals surface area contributed by atoms with Gasteiger partial charge in [0.25, 0.3) is 0 Å². The Bertz CT molecular complexity index is 3880. The van der Waals surface area contributed by atoms with Crippen LogP contribution in [0.2, 0.25) is 0 Å². The molecule has 0 amide bonds. The molecule has 1 aliphatic heterocycles. The van der Waals surface area contributed by atoms with Crippen LogP contribution in [0.15, 0.2) is 153 Å². The molecular weight excluding hydrogens is 759 g/mol. The summed E-state index contributed by atoms with van der Waals surface area (Å²) in [4.78, 5) is 0. The minimum absolute atomic E-state index is 0.000644. The zero-order valence-corrected chi connectivity index (χ0v) is 35.7. The van der Waals surface area contributed by atoms with Gasteiger partial charge in [0, 0.05) is 71.6 Å². The lowest BCUT2D eigenvalue weighted by atomic mass is 9.59. The van der Waals surface area contributed by atoms with Gasteiger partial charge in [0.1, 0.15) is 33.5 Å². The van der Waals surface area contributed by atoms with Crippen molar-refractivity contribution in [2.24, 2.45) is 0 Å². The molecule has 298 valence electrons. The SMILES string of the molecule is CC(C)(C)c1ccc(Nc2cc3oc4cc(C(C)(C)C)ccc4c3cc2-c2ccc3c4c5c(ccc4n4c3c2Bc2cc3oc6ccccc6c3cc2-4)oc2ccccc25)cc1. The third kappa shape index (κ3) is 5.04. The number of nitrogens with zero attached hydrogens (tertiary/aromatic N) is 1. The Balaban J connectivity index is 1.12. The number of hydrogen-bond donors (Lipinski definition) is 1. The molecule has 13 rings (SSSR count). The van der Waals surface area contributed by atoms with Crippen LogP contribution in [0.25, 0.3) is 104 Å². The van der Waals surface area contributed by atoms with Crippen molar-refractivity contribution in [2.75, 3.05) is 5.32 Å². The van der Waals surface area contributed by atoms with Gasteiger partial charge in [0.2, 0.25) is 0 Å². The molecule has 4 aromatic heterocycles. The number of fused-ring (bicyclic) bond motifs is 15. The van der Waals surface area contributed by atoms with Gasteiger partial charge in [0.05, 0.1) is 11.2 Å². The molecule has 1 N–H and O–H groups in total. The summed E-state index contributed by atoms with van der Waals surface area (Å²) in [5.74, 6) is 0. The lowest BCUT2D eigenvalue weighted by Crippen LogP contribution is -2.37. The van der Waals surface area contributed by atoms with Gasteiger partial charge in [-0.25, -0.2) is 0 Å². The number of furan rings is 3. The largest absolute Gasteiger partial charge is 0.456 e. The minimum atomic E-state index is -0.000644. The van der Waals surface area contributed by atoms with E-state index in [9.17, 15) is 0 Å². The van der Waals surface area contributed by atoms with Crippen LogP contribution in [0, 0.1) is 0 Å². The Morgan fingerprint density at radius 2 is 1.10 bits per heavy atom. The van der Waals surface area contributed by atoms with Gasteiger partial charge in [-0.05, 0) is 93.6 Å². The molecule has 5 nitrogen and oxygen atoms in total. The van der Waals surface area contributed by atoms with E-state index in [1.54, 1.807) is 0 Å². The molecule has 0 saturated carbocycles. The van der Waals surface area contributed by atoms with Gasteiger partial charge in [-0.1, -0.05) is 120 Å². The maximum absolute atomic E-state index is 6.74. The summed E-state index contributed by atoms with van der Waals surface area (Å²) < 4.78 is 22.3. The zero-order chi connectivity index (χ0) is 41.8. The molecule has 0 spiro atoms. The first-order valence-corrected chi connectivity index (χ1v) is 21.7. The number of hydrogen-bond acceptors (Lipinski definition) is 4. The summed E-state index contributed by atoms with van der Waals surface area (Å²) in [6.45, 7) is 13.5. The van der Waals surface area contributed by atoms with E-state index >= 15 is 0 Å². The van der Waals surface area contributed by atoms with Crippen molar-refractivity contribution in [1.82, 2.24) is 4.57 Å². The molecule has 0 fully saturated rings. The second kappa shape index (κ2) is 12.2. The molecule has 0 radical (unpaired) electrons. The van der Waals surface area contributed by atoms with Crippen molar-refractivity contribution in [3.63, 3.8) is 0 Å². The number of benzene rings is 8. The van der Waals surface area contributed by atoms with Gasteiger partial charge in [-0.15, -0.1) is 0 Å². The maximum atomic E-state index is 6.74. The fourth-order valence-corrected chi connectivity index (χ4v) is 10.3. The van der Waals surface area contributed by atoms with Gasteiger partial charge in [-0.3, -0.25) is 0 Å². The average molecular weight is 803 g/mol. The number of rotatable bonds is 3. The quantitative estimate of drug-likeness (QED) is 0.181. The van der Waals surface area contributed by atoms with Crippen LogP contribution in [0.1, 0.15) is 52.7 Å². The van der Waals surface area contributed by atoms with Crippen molar-refractivity contribution in [3.05, 3.63) is 151 Å². The zero-order valence-electron chi connectivity index (χ0n) is 35.7. The van der Waals surface area contributed by atoms with E-state index in [2.05, 4.69) is 185 Å². The topological polar surface area (TPSA) is 56.4 Å². The maximum Gasteiger partial charge on any atom is 0.198 e. The third-order valence-electron chi connectivity index (χ3n) is 13.5. The first-order chi connectivity index (χ1) is 30.0. The van der Waals surface area contributed by atoms with E-state index in [1.807, 2.05) is 6.07 Å². The highest BCUT2D eigenvalue weighted by atomic mass is 16.3. The van der Waals surface area contributed by atoms with Crippen LogP contribution in [-0.4, -0.2) is 11.8 Å². The molecule has 62 heavy (non-hydrogen) atoms. The summed E-state index contributed by atoms with van der Waals surface area (Å²) in [6.07, 6.45) is 0. The van der Waals surface area contributed by atoms with E-state index < -0.39 is 0 Å². The lowest BCUT2D eigenvalue weighted by molar-refractivity contribution is 0.587. The molecule has 1 aliphatic rings. The molecule has 6 heteroatoms. The first-order valence-electron chi connectivity index (χ1n) is 21.7. The van der Waals surface area contributed by atoms with Crippen molar-refractivity contribution in [1.29, 1.82) is 0 Å². The highest BCUT2D eigenvalue weighted by molar-refractivity contribution is 6.74. The highest BCUT2D eigenvalue weighted by Crippen LogP contribution is 2.45. The van der Waals surface area contributed by atoms with Gasteiger partial charge < -0.3 is 23.1 Å². The molecule has 0 atom stereocenters. The highest BCUT2D eigenvalue weighted by Gasteiger charge is 2.30. The smallest absolute Gasteiger partial charge is 0.198 e. The van der Waals surface area contributed by atoms with Crippen LogP contribution in [-0.2, 0) is 10.8 Å². The van der Waals surface area contributed by atoms with E-state index in [0.717, 1.165) is 95.5 Å². The number of nitrogens with one attached hydrogen (secondary N) is 1. The molecule has 8 aromatic carbocycles. The van der Waals surface area contributed by atoms with Gasteiger partial charge in [0.15, 0.2) is 7.28 Å². The summed E-state index contributed by atoms with van der Waals surface area (Å²) in [6, 6.07) is 50.7. The molecule has 0 bridgehead atoms. The van der Waals surface area contributed by atoms with Gasteiger partial charge >= 0.3 is 0 Å². The second-order valence-electron chi connectivity index (χ2n) is 19.4. The number of anilines is 2. The Labute approximate surface area is 358 Å². The Kier molecular flexibility index (Phi) is 7.02. The van der Waals surface area contributed by atoms with E-state index in [4.69, 9.17) is 13.3 Å². The molecular formula is C56H43BN2O3. The Morgan fingerprint density at radius 3 is 1.89 bits per heavy atom. The minimum Gasteiger partial charge on any atom is -0.456 e. The average Bonchev–Trinajstić information content (AvgIpc) is 4.01. The predicted octanol–water partition coefficient (Wildman–Crippen LogP) is 14.2. The van der Waals surface area contributed by atoms with Gasteiger partial charge in [-0.2, -0.15) is 0 Å².